The molecule has 0 aliphatic rings. The van der Waals surface area contributed by atoms with Gasteiger partial charge in [-0.15, -0.1) is 5.10 Å². The molecule has 0 bridgehead atoms. The molecule has 90 valence electrons. The summed E-state index contributed by atoms with van der Waals surface area (Å²) in [6, 6.07) is 10.7. The van der Waals surface area contributed by atoms with Crippen LogP contribution in [0.4, 0.5) is 6.01 Å². The highest BCUT2D eigenvalue weighted by Gasteiger charge is 2.12. The Labute approximate surface area is 100 Å². The van der Waals surface area contributed by atoms with Crippen molar-refractivity contribution in [2.75, 3.05) is 11.4 Å². The average Bonchev–Trinajstić information content (AvgIpc) is 2.86. The van der Waals surface area contributed by atoms with E-state index in [9.17, 15) is 0 Å². The van der Waals surface area contributed by atoms with E-state index in [1.807, 2.05) is 23.1 Å². The molecule has 0 spiro atoms. The summed E-state index contributed by atoms with van der Waals surface area (Å²) < 4.78 is 5.44. The monoisotopic (exact) mass is 232 g/mol. The van der Waals surface area contributed by atoms with Gasteiger partial charge in [-0.3, -0.25) is 0 Å². The summed E-state index contributed by atoms with van der Waals surface area (Å²) in [5, 5.41) is 7.85. The molecule has 0 aliphatic heterocycles. The Morgan fingerprint density at radius 2 is 2.00 bits per heavy atom. The van der Waals surface area contributed by atoms with Crippen LogP contribution < -0.4 is 10.6 Å². The maximum Gasteiger partial charge on any atom is 0.318 e. The second kappa shape index (κ2) is 5.45. The van der Waals surface area contributed by atoms with Gasteiger partial charge in [0.05, 0.1) is 6.54 Å². The van der Waals surface area contributed by atoms with Crippen molar-refractivity contribution in [3.05, 3.63) is 41.8 Å². The van der Waals surface area contributed by atoms with E-state index in [0.717, 1.165) is 13.1 Å². The Morgan fingerprint density at radius 1 is 1.24 bits per heavy atom. The van der Waals surface area contributed by atoms with Gasteiger partial charge in [-0.2, -0.15) is 0 Å². The largest absolute Gasteiger partial charge is 0.407 e. The molecule has 2 N–H and O–H groups in total. The van der Waals surface area contributed by atoms with Gasteiger partial charge in [-0.1, -0.05) is 35.4 Å². The van der Waals surface area contributed by atoms with Gasteiger partial charge in [0.25, 0.3) is 0 Å². The lowest BCUT2D eigenvalue weighted by atomic mass is 10.2. The molecule has 0 saturated heterocycles. The van der Waals surface area contributed by atoms with Gasteiger partial charge in [0, 0.05) is 13.1 Å². The van der Waals surface area contributed by atoms with Crippen LogP contribution in [0.5, 0.6) is 0 Å². The second-order valence-corrected chi connectivity index (χ2v) is 3.68. The highest BCUT2D eigenvalue weighted by atomic mass is 16.4. The van der Waals surface area contributed by atoms with Gasteiger partial charge in [0.2, 0.25) is 5.89 Å². The van der Waals surface area contributed by atoms with Gasteiger partial charge < -0.3 is 15.1 Å². The molecule has 5 heteroatoms. The zero-order valence-corrected chi connectivity index (χ0v) is 9.84. The molecule has 1 heterocycles. The van der Waals surface area contributed by atoms with Crippen LogP contribution in [-0.2, 0) is 13.1 Å². The first kappa shape index (κ1) is 11.6. The summed E-state index contributed by atoms with van der Waals surface area (Å²) in [7, 11) is 0. The van der Waals surface area contributed by atoms with E-state index in [4.69, 9.17) is 10.2 Å². The van der Waals surface area contributed by atoms with Crippen LogP contribution in [0.25, 0.3) is 0 Å². The van der Waals surface area contributed by atoms with Crippen molar-refractivity contribution in [2.45, 2.75) is 20.0 Å². The molecule has 0 radical (unpaired) electrons. The Hall–Kier alpha value is -1.88. The van der Waals surface area contributed by atoms with Crippen molar-refractivity contribution in [2.24, 2.45) is 5.73 Å². The SMILES string of the molecule is CCN(Cc1ccccc1)c1nnc(CN)o1. The van der Waals surface area contributed by atoms with Gasteiger partial charge >= 0.3 is 6.01 Å². The molecule has 0 aliphatic carbocycles. The number of rotatable bonds is 5. The molecule has 0 saturated carbocycles. The van der Waals surface area contributed by atoms with Crippen LogP contribution in [0.2, 0.25) is 0 Å². The molecule has 0 atom stereocenters. The van der Waals surface area contributed by atoms with E-state index < -0.39 is 0 Å². The van der Waals surface area contributed by atoms with E-state index in [1.54, 1.807) is 0 Å². The molecular formula is C12H16N4O. The summed E-state index contributed by atoms with van der Waals surface area (Å²) in [6.07, 6.45) is 0. The van der Waals surface area contributed by atoms with Crippen molar-refractivity contribution in [1.29, 1.82) is 0 Å². The van der Waals surface area contributed by atoms with Crippen LogP contribution in [0, 0.1) is 0 Å². The number of hydrogen-bond donors (Lipinski definition) is 1. The average molecular weight is 232 g/mol. The first-order valence-corrected chi connectivity index (χ1v) is 5.64. The summed E-state index contributed by atoms with van der Waals surface area (Å²) in [5.74, 6) is 0.464. The number of aromatic nitrogens is 2. The lowest BCUT2D eigenvalue weighted by Gasteiger charge is -2.17. The van der Waals surface area contributed by atoms with Gasteiger partial charge in [-0.25, -0.2) is 0 Å². The van der Waals surface area contributed by atoms with Crippen molar-refractivity contribution < 1.29 is 4.42 Å². The minimum Gasteiger partial charge on any atom is -0.407 e. The van der Waals surface area contributed by atoms with E-state index >= 15 is 0 Å². The number of anilines is 1. The molecular weight excluding hydrogens is 216 g/mol. The Kier molecular flexibility index (Phi) is 3.72. The quantitative estimate of drug-likeness (QED) is 0.847. The van der Waals surface area contributed by atoms with Crippen LogP contribution >= 0.6 is 0 Å². The molecule has 5 nitrogen and oxygen atoms in total. The van der Waals surface area contributed by atoms with E-state index in [1.165, 1.54) is 5.56 Å². The molecule has 0 amide bonds. The summed E-state index contributed by atoms with van der Waals surface area (Å²) in [6.45, 7) is 3.88. The number of nitrogens with two attached hydrogens (primary N) is 1. The van der Waals surface area contributed by atoms with Crippen molar-refractivity contribution >= 4 is 6.01 Å². The normalized spacial score (nSPS) is 10.5. The summed E-state index contributed by atoms with van der Waals surface area (Å²) in [4.78, 5) is 2.02. The minimum absolute atomic E-state index is 0.274. The molecule has 17 heavy (non-hydrogen) atoms. The molecule has 0 unspecified atom stereocenters. The fraction of sp³-hybridized carbons (Fsp3) is 0.333. The number of nitrogens with zero attached hydrogens (tertiary/aromatic N) is 3. The fourth-order valence-corrected chi connectivity index (χ4v) is 1.57. The van der Waals surface area contributed by atoms with Crippen LogP contribution in [0.3, 0.4) is 0 Å². The second-order valence-electron chi connectivity index (χ2n) is 3.68. The van der Waals surface area contributed by atoms with Crippen molar-refractivity contribution in [1.82, 2.24) is 10.2 Å². The summed E-state index contributed by atoms with van der Waals surface area (Å²) >= 11 is 0. The topological polar surface area (TPSA) is 68.2 Å². The van der Waals surface area contributed by atoms with Gasteiger partial charge in [0.1, 0.15) is 0 Å². The number of benzene rings is 1. The Bertz CT molecular complexity index is 455. The maximum absolute atomic E-state index is 5.44. The Morgan fingerprint density at radius 3 is 2.59 bits per heavy atom. The molecule has 2 aromatic rings. The lowest BCUT2D eigenvalue weighted by molar-refractivity contribution is 0.485. The Balaban J connectivity index is 2.11. The molecule has 1 aromatic heterocycles. The van der Waals surface area contributed by atoms with Crippen molar-refractivity contribution in [3.63, 3.8) is 0 Å². The first-order valence-electron chi connectivity index (χ1n) is 5.64. The molecule has 2 rings (SSSR count). The summed E-state index contributed by atoms with van der Waals surface area (Å²) in [5.41, 5.74) is 6.65. The smallest absolute Gasteiger partial charge is 0.318 e. The number of hydrogen-bond acceptors (Lipinski definition) is 5. The first-order chi connectivity index (χ1) is 8.33. The van der Waals surface area contributed by atoms with Gasteiger partial charge in [0.15, 0.2) is 0 Å². The van der Waals surface area contributed by atoms with E-state index in [-0.39, 0.29) is 6.54 Å². The highest BCUT2D eigenvalue weighted by Crippen LogP contribution is 2.15. The van der Waals surface area contributed by atoms with E-state index in [2.05, 4.69) is 29.3 Å². The highest BCUT2D eigenvalue weighted by molar-refractivity contribution is 5.28. The van der Waals surface area contributed by atoms with Crippen LogP contribution in [0.1, 0.15) is 18.4 Å². The third-order valence-corrected chi connectivity index (χ3v) is 2.50. The third kappa shape index (κ3) is 2.82. The third-order valence-electron chi connectivity index (χ3n) is 2.50. The zero-order chi connectivity index (χ0) is 12.1. The molecule has 1 aromatic carbocycles. The molecule has 0 fully saturated rings. The minimum atomic E-state index is 0.274. The van der Waals surface area contributed by atoms with E-state index in [0.29, 0.717) is 11.9 Å². The predicted molar refractivity (Wildman–Crippen MR) is 65.4 cm³/mol. The predicted octanol–water partition coefficient (Wildman–Crippen LogP) is 1.55. The maximum atomic E-state index is 5.44. The van der Waals surface area contributed by atoms with Gasteiger partial charge in [-0.05, 0) is 12.5 Å². The standard InChI is InChI=1S/C12H16N4O/c1-2-16(9-10-6-4-3-5-7-10)12-15-14-11(8-13)17-12/h3-7H,2,8-9,13H2,1H3. The van der Waals surface area contributed by atoms with Crippen molar-refractivity contribution in [3.8, 4) is 0 Å². The zero-order valence-electron chi connectivity index (χ0n) is 9.84. The van der Waals surface area contributed by atoms with Crippen LogP contribution in [0.15, 0.2) is 34.7 Å². The van der Waals surface area contributed by atoms with Crippen LogP contribution in [-0.4, -0.2) is 16.7 Å². The fourth-order valence-electron chi connectivity index (χ4n) is 1.57. The lowest BCUT2D eigenvalue weighted by Crippen LogP contribution is -2.22.